The number of rotatable bonds is 4. The maximum Gasteiger partial charge on any atom is 0.213 e. The summed E-state index contributed by atoms with van der Waals surface area (Å²) in [4.78, 5) is 10.5. The van der Waals surface area contributed by atoms with Crippen molar-refractivity contribution in [2.45, 2.75) is 31.6 Å². The molecule has 1 aromatic carbocycles. The number of halogens is 3. The van der Waals surface area contributed by atoms with Gasteiger partial charge in [-0.2, -0.15) is 4.39 Å². The lowest BCUT2D eigenvalue weighted by molar-refractivity contribution is -0.0801. The summed E-state index contributed by atoms with van der Waals surface area (Å²) in [5.41, 5.74) is 3.12. The zero-order valence-corrected chi connectivity index (χ0v) is 17.6. The van der Waals surface area contributed by atoms with E-state index in [1.54, 1.807) is 18.5 Å². The molecular formula is C24H21F3N4O2. The summed E-state index contributed by atoms with van der Waals surface area (Å²) in [6.07, 6.45) is 4.71. The van der Waals surface area contributed by atoms with Crippen LogP contribution in [0.3, 0.4) is 0 Å². The standard InChI is InChI=1S/C24H21F3N4O2/c25-20-4-2-15(9-21(20)26)23(30-32)16-1-3-18(28-11-16)13-31-7-5-24(6-8-31)19-12-29-22(27)10-17(19)14-33-24/h1-4,9-12,32H,5-8,13-14H2/b30-23-. The molecule has 0 atom stereocenters. The third-order valence-corrected chi connectivity index (χ3v) is 6.39. The summed E-state index contributed by atoms with van der Waals surface area (Å²) in [5.74, 6) is -2.47. The van der Waals surface area contributed by atoms with Crippen molar-refractivity contribution in [1.82, 2.24) is 14.9 Å². The van der Waals surface area contributed by atoms with Gasteiger partial charge in [0, 0.05) is 48.7 Å². The van der Waals surface area contributed by atoms with Gasteiger partial charge in [-0.1, -0.05) is 5.16 Å². The van der Waals surface area contributed by atoms with Crippen LogP contribution in [0.15, 0.2) is 53.9 Å². The maximum atomic E-state index is 13.6. The molecule has 3 aromatic rings. The summed E-state index contributed by atoms with van der Waals surface area (Å²) in [7, 11) is 0. The number of benzene rings is 1. The van der Waals surface area contributed by atoms with E-state index in [0.29, 0.717) is 18.7 Å². The summed E-state index contributed by atoms with van der Waals surface area (Å²) in [6.45, 7) is 2.61. The average molecular weight is 454 g/mol. The second-order valence-electron chi connectivity index (χ2n) is 8.34. The normalized spacial score (nSPS) is 18.0. The quantitative estimate of drug-likeness (QED) is 0.278. The molecular weight excluding hydrogens is 433 g/mol. The molecule has 2 aliphatic rings. The summed E-state index contributed by atoms with van der Waals surface area (Å²) < 4.78 is 46.3. The van der Waals surface area contributed by atoms with Gasteiger partial charge in [-0.15, -0.1) is 0 Å². The predicted octanol–water partition coefficient (Wildman–Crippen LogP) is 4.14. The molecule has 170 valence electrons. The molecule has 0 saturated carbocycles. The highest BCUT2D eigenvalue weighted by Crippen LogP contribution is 2.44. The Hall–Kier alpha value is -3.30. The van der Waals surface area contributed by atoms with Crippen LogP contribution in [0.2, 0.25) is 0 Å². The number of aromatic nitrogens is 2. The van der Waals surface area contributed by atoms with Gasteiger partial charge in [-0.05, 0) is 54.8 Å². The van der Waals surface area contributed by atoms with E-state index < -0.39 is 23.2 Å². The molecule has 9 heteroatoms. The maximum absolute atomic E-state index is 13.6. The van der Waals surface area contributed by atoms with E-state index in [2.05, 4.69) is 20.0 Å². The number of likely N-dealkylation sites (tertiary alicyclic amines) is 1. The third kappa shape index (κ3) is 4.09. The summed E-state index contributed by atoms with van der Waals surface area (Å²) in [5, 5.41) is 12.7. The van der Waals surface area contributed by atoms with Crippen LogP contribution in [0.1, 0.15) is 40.8 Å². The molecule has 6 nitrogen and oxygen atoms in total. The molecule has 2 aliphatic heterocycles. The van der Waals surface area contributed by atoms with Crippen LogP contribution in [0.25, 0.3) is 0 Å². The number of hydrogen-bond acceptors (Lipinski definition) is 6. The highest BCUT2D eigenvalue weighted by Gasteiger charge is 2.43. The Kier molecular flexibility index (Phi) is 5.59. The fraction of sp³-hybridized carbons (Fsp3) is 0.292. The SMILES string of the molecule is O/N=C(\c1ccc(CN2CCC3(CC2)OCc2cc(F)ncc23)nc1)c1ccc(F)c(F)c1. The lowest BCUT2D eigenvalue weighted by atomic mass is 9.84. The topological polar surface area (TPSA) is 70.8 Å². The first kappa shape index (κ1) is 21.5. The van der Waals surface area contributed by atoms with Crippen molar-refractivity contribution in [3.63, 3.8) is 0 Å². The average Bonchev–Trinajstić information content (AvgIpc) is 3.16. The first-order valence-corrected chi connectivity index (χ1v) is 10.6. The highest BCUT2D eigenvalue weighted by atomic mass is 19.2. The summed E-state index contributed by atoms with van der Waals surface area (Å²) >= 11 is 0. The largest absolute Gasteiger partial charge is 0.410 e. The van der Waals surface area contributed by atoms with E-state index in [1.165, 1.54) is 12.1 Å². The predicted molar refractivity (Wildman–Crippen MR) is 113 cm³/mol. The Balaban J connectivity index is 1.24. The van der Waals surface area contributed by atoms with E-state index >= 15 is 0 Å². The molecule has 0 bridgehead atoms. The molecule has 1 spiro atoms. The van der Waals surface area contributed by atoms with Crippen molar-refractivity contribution in [2.75, 3.05) is 13.1 Å². The number of oxime groups is 1. The summed E-state index contributed by atoms with van der Waals surface area (Å²) in [6, 6.07) is 8.32. The van der Waals surface area contributed by atoms with Crippen molar-refractivity contribution in [2.24, 2.45) is 5.16 Å². The number of pyridine rings is 2. The molecule has 0 amide bonds. The molecule has 1 N–H and O–H groups in total. The lowest BCUT2D eigenvalue weighted by Gasteiger charge is -2.39. The molecule has 0 aliphatic carbocycles. The monoisotopic (exact) mass is 454 g/mol. The Bertz CT molecular complexity index is 1210. The molecule has 4 heterocycles. The van der Waals surface area contributed by atoms with Gasteiger partial charge in [0.2, 0.25) is 5.95 Å². The van der Waals surface area contributed by atoms with Gasteiger partial charge in [0.25, 0.3) is 0 Å². The Labute approximate surface area is 188 Å². The Morgan fingerprint density at radius 3 is 2.48 bits per heavy atom. The van der Waals surface area contributed by atoms with E-state index in [9.17, 15) is 18.4 Å². The molecule has 0 unspecified atom stereocenters. The number of fused-ring (bicyclic) bond motifs is 2. The number of piperidine rings is 1. The van der Waals surface area contributed by atoms with Gasteiger partial charge in [-0.25, -0.2) is 13.8 Å². The molecule has 33 heavy (non-hydrogen) atoms. The fourth-order valence-corrected chi connectivity index (χ4v) is 4.59. The molecule has 1 fully saturated rings. The zero-order valence-electron chi connectivity index (χ0n) is 17.6. The number of ether oxygens (including phenoxy) is 1. The van der Waals surface area contributed by atoms with E-state index in [4.69, 9.17) is 4.74 Å². The van der Waals surface area contributed by atoms with Crippen molar-refractivity contribution in [3.8, 4) is 0 Å². The smallest absolute Gasteiger partial charge is 0.213 e. The van der Waals surface area contributed by atoms with E-state index in [-0.39, 0.29) is 11.3 Å². The van der Waals surface area contributed by atoms with Gasteiger partial charge < -0.3 is 9.94 Å². The minimum absolute atomic E-state index is 0.106. The minimum atomic E-state index is -1.02. The lowest BCUT2D eigenvalue weighted by Crippen LogP contribution is -2.42. The Morgan fingerprint density at radius 2 is 1.79 bits per heavy atom. The van der Waals surface area contributed by atoms with Crippen molar-refractivity contribution in [1.29, 1.82) is 0 Å². The van der Waals surface area contributed by atoms with E-state index in [1.807, 2.05) is 6.07 Å². The van der Waals surface area contributed by atoms with Crippen LogP contribution in [0.5, 0.6) is 0 Å². The van der Waals surface area contributed by atoms with Gasteiger partial charge in [0.05, 0.1) is 17.9 Å². The van der Waals surface area contributed by atoms with Crippen LogP contribution < -0.4 is 0 Å². The van der Waals surface area contributed by atoms with Crippen LogP contribution >= 0.6 is 0 Å². The second kappa shape index (κ2) is 8.57. The van der Waals surface area contributed by atoms with Crippen molar-refractivity contribution in [3.05, 3.63) is 94.3 Å². The number of hydrogen-bond donors (Lipinski definition) is 1. The highest BCUT2D eigenvalue weighted by molar-refractivity contribution is 6.12. The molecule has 1 saturated heterocycles. The first-order valence-electron chi connectivity index (χ1n) is 10.6. The van der Waals surface area contributed by atoms with Crippen LogP contribution in [0.4, 0.5) is 13.2 Å². The van der Waals surface area contributed by atoms with Crippen molar-refractivity contribution >= 4 is 5.71 Å². The fourth-order valence-electron chi connectivity index (χ4n) is 4.59. The Morgan fingerprint density at radius 1 is 1.00 bits per heavy atom. The molecule has 0 radical (unpaired) electrons. The van der Waals surface area contributed by atoms with Gasteiger partial charge in [0.15, 0.2) is 11.6 Å². The van der Waals surface area contributed by atoms with Crippen LogP contribution in [0, 0.1) is 17.6 Å². The van der Waals surface area contributed by atoms with Crippen molar-refractivity contribution < 1.29 is 23.1 Å². The van der Waals surface area contributed by atoms with Crippen LogP contribution in [-0.2, 0) is 23.5 Å². The zero-order chi connectivity index (χ0) is 23.0. The van der Waals surface area contributed by atoms with Gasteiger partial charge >= 0.3 is 0 Å². The number of nitrogens with zero attached hydrogens (tertiary/aromatic N) is 4. The van der Waals surface area contributed by atoms with E-state index in [0.717, 1.165) is 54.9 Å². The van der Waals surface area contributed by atoms with Crippen LogP contribution in [-0.4, -0.2) is 38.9 Å². The molecule has 2 aromatic heterocycles. The first-order chi connectivity index (χ1) is 16.0. The van der Waals surface area contributed by atoms with Gasteiger partial charge in [-0.3, -0.25) is 9.88 Å². The third-order valence-electron chi connectivity index (χ3n) is 6.39. The molecule has 5 rings (SSSR count). The minimum Gasteiger partial charge on any atom is -0.410 e. The second-order valence-corrected chi connectivity index (χ2v) is 8.34. The van der Waals surface area contributed by atoms with Gasteiger partial charge in [0.1, 0.15) is 5.71 Å².